The van der Waals surface area contributed by atoms with Gasteiger partial charge in [0, 0.05) is 55.3 Å². The summed E-state index contributed by atoms with van der Waals surface area (Å²) >= 11 is 0. The summed E-state index contributed by atoms with van der Waals surface area (Å²) in [6.07, 6.45) is 2.08. The summed E-state index contributed by atoms with van der Waals surface area (Å²) in [7, 11) is 1.63. The number of fused-ring (bicyclic) bond motifs is 4. The Bertz CT molecular complexity index is 979. The molecular formula is C23H32N4O4. The largest absolute Gasteiger partial charge is 0.497 e. The van der Waals surface area contributed by atoms with Crippen molar-refractivity contribution in [1.82, 2.24) is 20.1 Å². The molecule has 2 aromatic rings. The highest BCUT2D eigenvalue weighted by atomic mass is 16.5. The van der Waals surface area contributed by atoms with Gasteiger partial charge in [-0.15, -0.1) is 0 Å². The fourth-order valence-corrected chi connectivity index (χ4v) is 5.06. The summed E-state index contributed by atoms with van der Waals surface area (Å²) < 4.78 is 5.38. The second kappa shape index (κ2) is 8.42. The molecule has 1 fully saturated rings. The number of aliphatic hydroxyl groups excluding tert-OH is 1. The summed E-state index contributed by atoms with van der Waals surface area (Å²) in [6.45, 7) is 6.09. The molecule has 1 atom stereocenters. The first-order valence-electron chi connectivity index (χ1n) is 11.1. The quantitative estimate of drug-likeness (QED) is 0.659. The first-order chi connectivity index (χ1) is 15.0. The Hall–Kier alpha value is -2.74. The number of methoxy groups -OCH3 is 1. The minimum atomic E-state index is -0.416. The number of rotatable bonds is 6. The number of amides is 3. The lowest BCUT2D eigenvalue weighted by Crippen LogP contribution is -2.69. The molecule has 2 aliphatic heterocycles. The number of aliphatic hydroxyl groups is 1. The highest BCUT2D eigenvalue weighted by Crippen LogP contribution is 2.48. The fraction of sp³-hybridized carbons (Fsp3) is 0.565. The Morgan fingerprint density at radius 2 is 2.03 bits per heavy atom. The van der Waals surface area contributed by atoms with Gasteiger partial charge in [-0.1, -0.05) is 13.8 Å². The van der Waals surface area contributed by atoms with E-state index in [1.807, 2.05) is 36.9 Å². The van der Waals surface area contributed by atoms with Gasteiger partial charge in [0.15, 0.2) is 0 Å². The van der Waals surface area contributed by atoms with Crippen LogP contribution in [0.2, 0.25) is 0 Å². The summed E-state index contributed by atoms with van der Waals surface area (Å²) in [4.78, 5) is 32.6. The van der Waals surface area contributed by atoms with Crippen LogP contribution in [0.1, 0.15) is 50.4 Å². The van der Waals surface area contributed by atoms with E-state index in [1.54, 1.807) is 12.0 Å². The summed E-state index contributed by atoms with van der Waals surface area (Å²) in [6, 6.07) is 5.42. The van der Waals surface area contributed by atoms with Crippen LogP contribution in [-0.4, -0.2) is 71.7 Å². The number of benzene rings is 1. The molecule has 1 spiro atoms. The van der Waals surface area contributed by atoms with Crippen molar-refractivity contribution in [1.29, 1.82) is 0 Å². The van der Waals surface area contributed by atoms with Crippen molar-refractivity contribution in [2.45, 2.75) is 44.6 Å². The Kier molecular flexibility index (Phi) is 5.83. The Balaban J connectivity index is 1.77. The SMILES string of the molecule is CCCNC(=O)N1CC2(C1)CN(C(=O)CCC)[C@@H](CO)c1[nH]c3cc(OC)ccc3c12. The van der Waals surface area contributed by atoms with Gasteiger partial charge in [0.25, 0.3) is 0 Å². The van der Waals surface area contributed by atoms with Crippen LogP contribution in [0.25, 0.3) is 10.9 Å². The van der Waals surface area contributed by atoms with Gasteiger partial charge in [0.2, 0.25) is 5.91 Å². The van der Waals surface area contributed by atoms with Gasteiger partial charge < -0.3 is 29.9 Å². The van der Waals surface area contributed by atoms with Gasteiger partial charge in [0.1, 0.15) is 5.75 Å². The minimum absolute atomic E-state index is 0.0386. The van der Waals surface area contributed by atoms with Crippen LogP contribution in [0, 0.1) is 0 Å². The number of nitrogens with one attached hydrogen (secondary N) is 2. The third-order valence-electron chi connectivity index (χ3n) is 6.51. The Morgan fingerprint density at radius 3 is 2.68 bits per heavy atom. The first kappa shape index (κ1) is 21.5. The molecule has 8 heteroatoms. The first-order valence-corrected chi connectivity index (χ1v) is 11.1. The van der Waals surface area contributed by atoms with Gasteiger partial charge >= 0.3 is 6.03 Å². The maximum atomic E-state index is 13.0. The lowest BCUT2D eigenvalue weighted by Gasteiger charge is -2.56. The van der Waals surface area contributed by atoms with E-state index in [0.29, 0.717) is 32.6 Å². The number of urea groups is 1. The van der Waals surface area contributed by atoms with E-state index in [0.717, 1.165) is 40.8 Å². The van der Waals surface area contributed by atoms with Gasteiger partial charge in [-0.25, -0.2) is 4.79 Å². The van der Waals surface area contributed by atoms with Crippen LogP contribution in [0.15, 0.2) is 18.2 Å². The van der Waals surface area contributed by atoms with Crippen molar-refractivity contribution in [3.63, 3.8) is 0 Å². The van der Waals surface area contributed by atoms with E-state index >= 15 is 0 Å². The highest BCUT2D eigenvalue weighted by molar-refractivity contribution is 5.90. The van der Waals surface area contributed by atoms with Crippen LogP contribution < -0.4 is 10.1 Å². The van der Waals surface area contributed by atoms with E-state index in [1.165, 1.54) is 0 Å². The van der Waals surface area contributed by atoms with Crippen LogP contribution in [0.4, 0.5) is 4.79 Å². The number of H-pyrrole nitrogens is 1. The fourth-order valence-electron chi connectivity index (χ4n) is 5.06. The number of aromatic amines is 1. The van der Waals surface area contributed by atoms with Gasteiger partial charge in [-0.3, -0.25) is 4.79 Å². The van der Waals surface area contributed by atoms with Crippen molar-refractivity contribution >= 4 is 22.8 Å². The second-order valence-corrected chi connectivity index (χ2v) is 8.66. The van der Waals surface area contributed by atoms with Crippen LogP contribution in [0.5, 0.6) is 5.75 Å². The molecule has 31 heavy (non-hydrogen) atoms. The molecule has 0 saturated carbocycles. The van der Waals surface area contributed by atoms with Crippen LogP contribution >= 0.6 is 0 Å². The monoisotopic (exact) mass is 428 g/mol. The molecule has 1 saturated heterocycles. The molecular weight excluding hydrogens is 396 g/mol. The third kappa shape index (κ3) is 3.52. The van der Waals surface area contributed by atoms with Gasteiger partial charge in [-0.05, 0) is 30.5 Å². The van der Waals surface area contributed by atoms with E-state index < -0.39 is 6.04 Å². The zero-order valence-corrected chi connectivity index (χ0v) is 18.5. The summed E-state index contributed by atoms with van der Waals surface area (Å²) in [5.74, 6) is 0.783. The number of nitrogens with zero attached hydrogens (tertiary/aromatic N) is 2. The molecule has 3 N–H and O–H groups in total. The van der Waals surface area contributed by atoms with E-state index in [2.05, 4.69) is 10.3 Å². The van der Waals surface area contributed by atoms with Crippen molar-refractivity contribution in [2.24, 2.45) is 0 Å². The zero-order chi connectivity index (χ0) is 22.2. The van der Waals surface area contributed by atoms with Crippen LogP contribution in [0.3, 0.4) is 0 Å². The normalized spacial score (nSPS) is 19.3. The van der Waals surface area contributed by atoms with E-state index in [-0.39, 0.29) is 24.0 Å². The topological polar surface area (TPSA) is 97.9 Å². The van der Waals surface area contributed by atoms with Crippen LogP contribution in [-0.2, 0) is 10.2 Å². The van der Waals surface area contributed by atoms with E-state index in [9.17, 15) is 14.7 Å². The lowest BCUT2D eigenvalue weighted by molar-refractivity contribution is -0.138. The summed E-state index contributed by atoms with van der Waals surface area (Å²) in [5, 5.41) is 14.2. The number of hydrogen-bond acceptors (Lipinski definition) is 4. The molecule has 1 aromatic carbocycles. The van der Waals surface area contributed by atoms with Crippen molar-refractivity contribution in [3.8, 4) is 5.75 Å². The highest BCUT2D eigenvalue weighted by Gasteiger charge is 2.54. The maximum absolute atomic E-state index is 13.0. The summed E-state index contributed by atoms with van der Waals surface area (Å²) in [5.41, 5.74) is 2.56. The standard InChI is InChI=1S/C23H32N4O4/c1-4-6-19(29)27-14-23(12-26(13-23)22(30)24-9-5-2)20-16-8-7-15(31-3)10-17(16)25-21(20)18(27)11-28/h7-8,10,18,25,28H,4-6,9,11-14H2,1-3H3,(H,24,30)/t18-/m0/s1. The second-order valence-electron chi connectivity index (χ2n) is 8.66. The smallest absolute Gasteiger partial charge is 0.317 e. The maximum Gasteiger partial charge on any atom is 0.317 e. The number of ether oxygens (including phenoxy) is 1. The number of hydrogen-bond donors (Lipinski definition) is 3. The third-order valence-corrected chi connectivity index (χ3v) is 6.51. The van der Waals surface area contributed by atoms with Crippen molar-refractivity contribution in [3.05, 3.63) is 29.5 Å². The molecule has 0 bridgehead atoms. The molecule has 0 aliphatic carbocycles. The molecule has 8 nitrogen and oxygen atoms in total. The minimum Gasteiger partial charge on any atom is -0.497 e. The number of carbonyl (C=O) groups excluding carboxylic acids is 2. The van der Waals surface area contributed by atoms with Crippen molar-refractivity contribution < 1.29 is 19.4 Å². The molecule has 0 unspecified atom stereocenters. The molecule has 168 valence electrons. The number of aromatic nitrogens is 1. The molecule has 0 radical (unpaired) electrons. The molecule has 3 heterocycles. The number of carbonyl (C=O) groups is 2. The predicted molar refractivity (Wildman–Crippen MR) is 118 cm³/mol. The van der Waals surface area contributed by atoms with E-state index in [4.69, 9.17) is 4.74 Å². The van der Waals surface area contributed by atoms with Gasteiger partial charge in [-0.2, -0.15) is 0 Å². The Morgan fingerprint density at radius 1 is 1.26 bits per heavy atom. The van der Waals surface area contributed by atoms with Gasteiger partial charge in [0.05, 0.1) is 25.2 Å². The zero-order valence-electron chi connectivity index (χ0n) is 18.5. The molecule has 3 amide bonds. The average Bonchev–Trinajstić information content (AvgIpc) is 3.13. The molecule has 2 aliphatic rings. The number of likely N-dealkylation sites (tertiary alicyclic amines) is 1. The Labute approximate surface area is 182 Å². The molecule has 1 aromatic heterocycles. The average molecular weight is 429 g/mol. The molecule has 4 rings (SSSR count). The lowest BCUT2D eigenvalue weighted by atomic mass is 9.68. The predicted octanol–water partition coefficient (Wildman–Crippen LogP) is 2.53. The van der Waals surface area contributed by atoms with Crippen molar-refractivity contribution in [2.75, 3.05) is 39.9 Å².